The summed E-state index contributed by atoms with van der Waals surface area (Å²) in [5, 5.41) is 13.2. The van der Waals surface area contributed by atoms with Gasteiger partial charge in [0.2, 0.25) is 0 Å². The first-order valence-electron chi connectivity index (χ1n) is 7.45. The summed E-state index contributed by atoms with van der Waals surface area (Å²) in [7, 11) is 0. The van der Waals surface area contributed by atoms with Crippen molar-refractivity contribution in [2.24, 2.45) is 5.41 Å². The molecule has 18 heavy (non-hydrogen) atoms. The zero-order chi connectivity index (χ0) is 13.2. The highest BCUT2D eigenvalue weighted by atomic mass is 16.4. The Labute approximate surface area is 110 Å². The van der Waals surface area contributed by atoms with Crippen LogP contribution >= 0.6 is 0 Å². The van der Waals surface area contributed by atoms with Crippen molar-refractivity contribution in [3.05, 3.63) is 0 Å². The first-order chi connectivity index (χ1) is 8.44. The molecule has 2 fully saturated rings. The van der Waals surface area contributed by atoms with Gasteiger partial charge in [-0.1, -0.05) is 39.5 Å². The van der Waals surface area contributed by atoms with Gasteiger partial charge in [-0.15, -0.1) is 0 Å². The molecule has 0 amide bonds. The van der Waals surface area contributed by atoms with Gasteiger partial charge < -0.3 is 5.11 Å². The number of hydrogen-bond donors (Lipinski definition) is 2. The van der Waals surface area contributed by atoms with Crippen LogP contribution in [-0.4, -0.2) is 22.7 Å². The standard InChI is InChI=1S/C15H27NO2/c1-14(2)9-6-10-15(11-14,13(17)18)16-12-7-4-3-5-8-12/h12,16H,3-11H2,1-2H3,(H,17,18). The van der Waals surface area contributed by atoms with Gasteiger partial charge in [-0.2, -0.15) is 0 Å². The third kappa shape index (κ3) is 3.05. The van der Waals surface area contributed by atoms with Crippen LogP contribution in [0, 0.1) is 5.41 Å². The summed E-state index contributed by atoms with van der Waals surface area (Å²) >= 11 is 0. The van der Waals surface area contributed by atoms with Crippen molar-refractivity contribution in [2.75, 3.05) is 0 Å². The molecule has 1 atom stereocenters. The molecule has 0 heterocycles. The van der Waals surface area contributed by atoms with E-state index in [1.54, 1.807) is 0 Å². The summed E-state index contributed by atoms with van der Waals surface area (Å²) in [6.07, 6.45) is 9.84. The van der Waals surface area contributed by atoms with Crippen molar-refractivity contribution < 1.29 is 9.90 Å². The van der Waals surface area contributed by atoms with Crippen LogP contribution in [0.5, 0.6) is 0 Å². The highest BCUT2D eigenvalue weighted by molar-refractivity contribution is 5.79. The second-order valence-electron chi connectivity index (χ2n) is 7.06. The molecule has 0 bridgehead atoms. The molecule has 0 radical (unpaired) electrons. The molecule has 0 spiro atoms. The van der Waals surface area contributed by atoms with Gasteiger partial charge >= 0.3 is 5.97 Å². The van der Waals surface area contributed by atoms with E-state index >= 15 is 0 Å². The molecular formula is C15H27NO2. The van der Waals surface area contributed by atoms with Crippen LogP contribution in [0.1, 0.15) is 71.6 Å². The maximum Gasteiger partial charge on any atom is 0.323 e. The summed E-state index contributed by atoms with van der Waals surface area (Å²) in [4.78, 5) is 11.8. The minimum Gasteiger partial charge on any atom is -0.480 e. The van der Waals surface area contributed by atoms with E-state index in [2.05, 4.69) is 19.2 Å². The molecule has 0 aliphatic heterocycles. The molecule has 104 valence electrons. The summed E-state index contributed by atoms with van der Waals surface area (Å²) in [6.45, 7) is 4.40. The third-order valence-corrected chi connectivity index (χ3v) is 4.73. The number of carbonyl (C=O) groups is 1. The molecular weight excluding hydrogens is 226 g/mol. The van der Waals surface area contributed by atoms with Crippen LogP contribution < -0.4 is 5.32 Å². The van der Waals surface area contributed by atoms with Gasteiger partial charge in [0.05, 0.1) is 0 Å². The predicted molar refractivity (Wildman–Crippen MR) is 72.6 cm³/mol. The average Bonchev–Trinajstić information content (AvgIpc) is 2.28. The predicted octanol–water partition coefficient (Wildman–Crippen LogP) is 3.33. The van der Waals surface area contributed by atoms with E-state index in [1.165, 1.54) is 19.3 Å². The molecule has 0 aromatic rings. The Morgan fingerprint density at radius 3 is 2.33 bits per heavy atom. The van der Waals surface area contributed by atoms with Crippen LogP contribution in [0.2, 0.25) is 0 Å². The summed E-state index contributed by atoms with van der Waals surface area (Å²) < 4.78 is 0. The first-order valence-corrected chi connectivity index (χ1v) is 7.45. The molecule has 1 unspecified atom stereocenters. The monoisotopic (exact) mass is 253 g/mol. The lowest BCUT2D eigenvalue weighted by molar-refractivity contribution is -0.149. The van der Waals surface area contributed by atoms with E-state index in [1.807, 2.05) is 0 Å². The number of hydrogen-bond acceptors (Lipinski definition) is 2. The van der Waals surface area contributed by atoms with Crippen molar-refractivity contribution in [2.45, 2.75) is 83.2 Å². The Bertz CT molecular complexity index is 308. The Morgan fingerprint density at radius 1 is 1.11 bits per heavy atom. The van der Waals surface area contributed by atoms with Gasteiger partial charge in [-0.05, 0) is 37.5 Å². The maximum atomic E-state index is 11.8. The second kappa shape index (κ2) is 5.20. The van der Waals surface area contributed by atoms with Crippen molar-refractivity contribution in [3.8, 4) is 0 Å². The Kier molecular flexibility index (Phi) is 4.00. The van der Waals surface area contributed by atoms with E-state index < -0.39 is 11.5 Å². The smallest absolute Gasteiger partial charge is 0.323 e. The fourth-order valence-electron chi connectivity index (χ4n) is 3.87. The molecule has 2 rings (SSSR count). The van der Waals surface area contributed by atoms with Crippen LogP contribution in [-0.2, 0) is 4.79 Å². The SMILES string of the molecule is CC1(C)CCCC(NC2CCCCC2)(C(=O)O)C1. The van der Waals surface area contributed by atoms with Crippen LogP contribution in [0.3, 0.4) is 0 Å². The van der Waals surface area contributed by atoms with E-state index in [4.69, 9.17) is 0 Å². The van der Waals surface area contributed by atoms with Gasteiger partial charge in [0, 0.05) is 6.04 Å². The molecule has 0 saturated heterocycles. The van der Waals surface area contributed by atoms with Crippen LogP contribution in [0.25, 0.3) is 0 Å². The lowest BCUT2D eigenvalue weighted by Crippen LogP contribution is -2.59. The quantitative estimate of drug-likeness (QED) is 0.811. The molecule has 2 saturated carbocycles. The van der Waals surface area contributed by atoms with Gasteiger partial charge in [0.1, 0.15) is 5.54 Å². The maximum absolute atomic E-state index is 11.8. The first kappa shape index (κ1) is 13.9. The zero-order valence-corrected chi connectivity index (χ0v) is 11.8. The van der Waals surface area contributed by atoms with Gasteiger partial charge in [0.15, 0.2) is 0 Å². The number of nitrogens with one attached hydrogen (secondary N) is 1. The lowest BCUT2D eigenvalue weighted by atomic mass is 9.67. The van der Waals surface area contributed by atoms with E-state index in [9.17, 15) is 9.90 Å². The Hall–Kier alpha value is -0.570. The fourth-order valence-corrected chi connectivity index (χ4v) is 3.87. The van der Waals surface area contributed by atoms with E-state index in [-0.39, 0.29) is 5.41 Å². The van der Waals surface area contributed by atoms with Gasteiger partial charge in [-0.25, -0.2) is 0 Å². The Balaban J connectivity index is 2.08. The normalized spacial score (nSPS) is 33.2. The van der Waals surface area contributed by atoms with Gasteiger partial charge in [-0.3, -0.25) is 10.1 Å². The zero-order valence-electron chi connectivity index (χ0n) is 11.8. The largest absolute Gasteiger partial charge is 0.480 e. The summed E-state index contributed by atoms with van der Waals surface area (Å²) in [5.41, 5.74) is -0.512. The van der Waals surface area contributed by atoms with Crippen molar-refractivity contribution in [3.63, 3.8) is 0 Å². The fraction of sp³-hybridized carbons (Fsp3) is 0.933. The molecule has 0 aromatic carbocycles. The molecule has 0 aromatic heterocycles. The minimum absolute atomic E-state index is 0.151. The highest BCUT2D eigenvalue weighted by Crippen LogP contribution is 2.42. The van der Waals surface area contributed by atoms with Crippen LogP contribution in [0.4, 0.5) is 0 Å². The van der Waals surface area contributed by atoms with Crippen molar-refractivity contribution in [1.29, 1.82) is 0 Å². The lowest BCUT2D eigenvalue weighted by Gasteiger charge is -2.45. The highest BCUT2D eigenvalue weighted by Gasteiger charge is 2.46. The minimum atomic E-state index is -0.663. The van der Waals surface area contributed by atoms with E-state index in [0.29, 0.717) is 6.04 Å². The topological polar surface area (TPSA) is 49.3 Å². The van der Waals surface area contributed by atoms with E-state index in [0.717, 1.165) is 38.5 Å². The van der Waals surface area contributed by atoms with Crippen LogP contribution in [0.15, 0.2) is 0 Å². The number of carboxylic acid groups (broad SMARTS) is 1. The Morgan fingerprint density at radius 2 is 1.78 bits per heavy atom. The molecule has 3 nitrogen and oxygen atoms in total. The van der Waals surface area contributed by atoms with Gasteiger partial charge in [0.25, 0.3) is 0 Å². The molecule has 2 N–H and O–H groups in total. The number of rotatable bonds is 3. The molecule has 2 aliphatic rings. The average molecular weight is 253 g/mol. The molecule has 2 aliphatic carbocycles. The van der Waals surface area contributed by atoms with Crippen molar-refractivity contribution >= 4 is 5.97 Å². The summed E-state index contributed by atoms with van der Waals surface area (Å²) in [5.74, 6) is -0.638. The third-order valence-electron chi connectivity index (χ3n) is 4.73. The second-order valence-corrected chi connectivity index (χ2v) is 7.06. The number of carboxylic acids is 1. The molecule has 3 heteroatoms. The van der Waals surface area contributed by atoms with Crippen molar-refractivity contribution in [1.82, 2.24) is 5.32 Å². The number of aliphatic carboxylic acids is 1. The summed E-state index contributed by atoms with van der Waals surface area (Å²) in [6, 6.07) is 0.420.